The van der Waals surface area contributed by atoms with Gasteiger partial charge in [0.1, 0.15) is 18.2 Å². The van der Waals surface area contributed by atoms with Crippen LogP contribution in [0.15, 0.2) is 16.6 Å². The highest BCUT2D eigenvalue weighted by Crippen LogP contribution is 2.38. The van der Waals surface area contributed by atoms with E-state index in [1.54, 1.807) is 7.05 Å². The maximum atomic E-state index is 12.6. The fourth-order valence-electron chi connectivity index (χ4n) is 2.57. The molecule has 3 rings (SSSR count). The van der Waals surface area contributed by atoms with Gasteiger partial charge in [-0.25, -0.2) is 0 Å². The lowest BCUT2D eigenvalue weighted by Gasteiger charge is -2.22. The first-order chi connectivity index (χ1) is 11.5. The molecule has 0 radical (unpaired) electrons. The molecule has 1 aromatic carbocycles. The standard InChI is InChI=1S/C16H18BrN3O3S/c1-8(19-15(21)14-9(2)20-24-16(14)18-3)10-6-12-13(7-11(10)17)23-5-4-22-12/h6-8,18H,4-5H2,1-3H3,(H,19,21). The van der Waals surface area contributed by atoms with Crippen molar-refractivity contribution >= 4 is 38.4 Å². The summed E-state index contributed by atoms with van der Waals surface area (Å²) >= 11 is 4.83. The molecule has 0 aliphatic carbocycles. The first-order valence-electron chi connectivity index (χ1n) is 7.55. The third-order valence-corrected chi connectivity index (χ3v) is 5.44. The Morgan fingerprint density at radius 1 is 1.33 bits per heavy atom. The number of amides is 1. The van der Waals surface area contributed by atoms with Gasteiger partial charge in [-0.05, 0) is 43.1 Å². The van der Waals surface area contributed by atoms with Crippen LogP contribution in [0.5, 0.6) is 11.5 Å². The zero-order valence-electron chi connectivity index (χ0n) is 13.6. The number of hydrogen-bond donors (Lipinski definition) is 2. The summed E-state index contributed by atoms with van der Waals surface area (Å²) in [6, 6.07) is 3.58. The molecule has 0 bridgehead atoms. The number of aryl methyl sites for hydroxylation is 1. The largest absolute Gasteiger partial charge is 0.486 e. The topological polar surface area (TPSA) is 72.5 Å². The highest BCUT2D eigenvalue weighted by molar-refractivity contribution is 9.10. The fraction of sp³-hybridized carbons (Fsp3) is 0.375. The summed E-state index contributed by atoms with van der Waals surface area (Å²) in [6.45, 7) is 4.83. The molecule has 8 heteroatoms. The van der Waals surface area contributed by atoms with Crippen LogP contribution in [-0.2, 0) is 0 Å². The quantitative estimate of drug-likeness (QED) is 0.804. The molecular weight excluding hydrogens is 394 g/mol. The van der Waals surface area contributed by atoms with Gasteiger partial charge in [0.15, 0.2) is 11.5 Å². The molecule has 0 saturated heterocycles. The number of fused-ring (bicyclic) bond motifs is 1. The maximum absolute atomic E-state index is 12.6. The summed E-state index contributed by atoms with van der Waals surface area (Å²) in [4.78, 5) is 12.6. The van der Waals surface area contributed by atoms with E-state index in [1.165, 1.54) is 11.5 Å². The van der Waals surface area contributed by atoms with Crippen LogP contribution >= 0.6 is 27.5 Å². The summed E-state index contributed by atoms with van der Waals surface area (Å²) in [5, 5.41) is 6.80. The van der Waals surface area contributed by atoms with E-state index in [4.69, 9.17) is 9.47 Å². The minimum absolute atomic E-state index is 0.153. The van der Waals surface area contributed by atoms with Gasteiger partial charge in [-0.3, -0.25) is 4.79 Å². The van der Waals surface area contributed by atoms with Crippen LogP contribution in [0.2, 0.25) is 0 Å². The van der Waals surface area contributed by atoms with Crippen molar-refractivity contribution in [3.8, 4) is 11.5 Å². The normalized spacial score (nSPS) is 14.2. The number of ether oxygens (including phenoxy) is 2. The SMILES string of the molecule is CNc1snc(C)c1C(=O)NC(C)c1cc2c(cc1Br)OCCO2. The molecule has 1 aromatic heterocycles. The number of halogens is 1. The summed E-state index contributed by atoms with van der Waals surface area (Å²) in [5.41, 5.74) is 2.23. The highest BCUT2D eigenvalue weighted by atomic mass is 79.9. The predicted octanol–water partition coefficient (Wildman–Crippen LogP) is 3.52. The van der Waals surface area contributed by atoms with Crippen molar-refractivity contribution in [2.75, 3.05) is 25.6 Å². The second-order valence-electron chi connectivity index (χ2n) is 5.43. The van der Waals surface area contributed by atoms with Crippen molar-refractivity contribution in [1.82, 2.24) is 9.69 Å². The van der Waals surface area contributed by atoms with Crippen molar-refractivity contribution in [1.29, 1.82) is 0 Å². The third kappa shape index (κ3) is 3.21. The van der Waals surface area contributed by atoms with E-state index in [2.05, 4.69) is 30.9 Å². The van der Waals surface area contributed by atoms with E-state index in [1.807, 2.05) is 26.0 Å². The van der Waals surface area contributed by atoms with E-state index in [0.717, 1.165) is 20.7 Å². The molecule has 128 valence electrons. The van der Waals surface area contributed by atoms with Crippen molar-refractivity contribution < 1.29 is 14.3 Å². The molecule has 0 fully saturated rings. The molecular formula is C16H18BrN3O3S. The van der Waals surface area contributed by atoms with Gasteiger partial charge in [0, 0.05) is 11.5 Å². The third-order valence-electron chi connectivity index (χ3n) is 3.79. The van der Waals surface area contributed by atoms with Crippen LogP contribution in [0, 0.1) is 6.92 Å². The van der Waals surface area contributed by atoms with Crippen LogP contribution in [0.25, 0.3) is 0 Å². The Hall–Kier alpha value is -1.80. The number of rotatable bonds is 4. The number of nitrogens with zero attached hydrogens (tertiary/aromatic N) is 1. The summed E-state index contributed by atoms with van der Waals surface area (Å²) in [5.74, 6) is 1.26. The van der Waals surface area contributed by atoms with Gasteiger partial charge in [-0.2, -0.15) is 4.37 Å². The lowest BCUT2D eigenvalue weighted by atomic mass is 10.1. The molecule has 1 aliphatic heterocycles. The highest BCUT2D eigenvalue weighted by Gasteiger charge is 2.22. The molecule has 0 spiro atoms. The Kier molecular flexibility index (Phi) is 4.96. The van der Waals surface area contributed by atoms with Crippen LogP contribution in [0.4, 0.5) is 5.00 Å². The van der Waals surface area contributed by atoms with Crippen molar-refractivity contribution in [2.24, 2.45) is 0 Å². The Bertz CT molecular complexity index is 778. The zero-order valence-corrected chi connectivity index (χ0v) is 16.0. The molecule has 1 unspecified atom stereocenters. The number of hydrogen-bond acceptors (Lipinski definition) is 6. The van der Waals surface area contributed by atoms with Crippen molar-refractivity contribution in [3.05, 3.63) is 33.4 Å². The second-order valence-corrected chi connectivity index (χ2v) is 7.06. The molecule has 2 aromatic rings. The van der Waals surface area contributed by atoms with Gasteiger partial charge in [-0.1, -0.05) is 15.9 Å². The van der Waals surface area contributed by atoms with Gasteiger partial charge in [0.05, 0.1) is 17.3 Å². The number of carbonyl (C=O) groups excluding carboxylic acids is 1. The minimum atomic E-state index is -0.202. The number of aromatic nitrogens is 1. The summed E-state index contributed by atoms with van der Waals surface area (Å²) in [6.07, 6.45) is 0. The fourth-order valence-corrected chi connectivity index (χ4v) is 3.97. The van der Waals surface area contributed by atoms with E-state index in [9.17, 15) is 4.79 Å². The van der Waals surface area contributed by atoms with Crippen LogP contribution in [0.1, 0.15) is 34.6 Å². The minimum Gasteiger partial charge on any atom is -0.486 e. The zero-order chi connectivity index (χ0) is 17.3. The van der Waals surface area contributed by atoms with Gasteiger partial charge in [-0.15, -0.1) is 0 Å². The Morgan fingerprint density at radius 3 is 2.67 bits per heavy atom. The van der Waals surface area contributed by atoms with Crippen molar-refractivity contribution in [3.63, 3.8) is 0 Å². The monoisotopic (exact) mass is 411 g/mol. The lowest BCUT2D eigenvalue weighted by Crippen LogP contribution is -2.28. The Balaban J connectivity index is 1.83. The number of carbonyl (C=O) groups is 1. The smallest absolute Gasteiger partial charge is 0.256 e. The molecule has 1 aliphatic rings. The number of benzene rings is 1. The molecule has 0 saturated carbocycles. The predicted molar refractivity (Wildman–Crippen MR) is 97.4 cm³/mol. The maximum Gasteiger partial charge on any atom is 0.256 e. The van der Waals surface area contributed by atoms with Crippen LogP contribution in [-0.4, -0.2) is 30.5 Å². The molecule has 24 heavy (non-hydrogen) atoms. The molecule has 2 heterocycles. The average molecular weight is 412 g/mol. The average Bonchev–Trinajstić information content (AvgIpc) is 2.94. The molecule has 1 amide bonds. The van der Waals surface area contributed by atoms with Gasteiger partial charge in [0.25, 0.3) is 5.91 Å². The Morgan fingerprint density at radius 2 is 2.00 bits per heavy atom. The van der Waals surface area contributed by atoms with Crippen LogP contribution < -0.4 is 20.1 Å². The van der Waals surface area contributed by atoms with E-state index in [-0.39, 0.29) is 11.9 Å². The first-order valence-corrected chi connectivity index (χ1v) is 9.11. The lowest BCUT2D eigenvalue weighted by molar-refractivity contribution is 0.0940. The van der Waals surface area contributed by atoms with E-state index < -0.39 is 0 Å². The van der Waals surface area contributed by atoms with Gasteiger partial charge in [0.2, 0.25) is 0 Å². The van der Waals surface area contributed by atoms with Gasteiger partial charge >= 0.3 is 0 Å². The number of nitrogens with one attached hydrogen (secondary N) is 2. The second kappa shape index (κ2) is 6.98. The molecule has 1 atom stereocenters. The number of anilines is 1. The van der Waals surface area contributed by atoms with E-state index >= 15 is 0 Å². The molecule has 6 nitrogen and oxygen atoms in total. The van der Waals surface area contributed by atoms with E-state index in [0.29, 0.717) is 30.3 Å². The van der Waals surface area contributed by atoms with Crippen LogP contribution in [0.3, 0.4) is 0 Å². The molecule has 2 N–H and O–H groups in total. The van der Waals surface area contributed by atoms with Crippen molar-refractivity contribution in [2.45, 2.75) is 19.9 Å². The Labute approximate surface area is 152 Å². The summed E-state index contributed by atoms with van der Waals surface area (Å²) in [7, 11) is 1.78. The first kappa shape index (κ1) is 17.0. The van der Waals surface area contributed by atoms with Gasteiger partial charge < -0.3 is 20.1 Å². The summed E-state index contributed by atoms with van der Waals surface area (Å²) < 4.78 is 16.3.